The fourth-order valence-corrected chi connectivity index (χ4v) is 2.77. The Morgan fingerprint density at radius 2 is 1.91 bits per heavy atom. The predicted molar refractivity (Wildman–Crippen MR) is 94.6 cm³/mol. The smallest absolute Gasteiger partial charge is 0.238 e. The van der Waals surface area contributed by atoms with Crippen LogP contribution in [0.1, 0.15) is 26.7 Å². The number of piperidine rings is 1. The number of hydrogen-bond acceptors (Lipinski definition) is 3. The molecule has 1 aromatic rings. The van der Waals surface area contributed by atoms with Crippen LogP contribution in [-0.4, -0.2) is 43.0 Å². The van der Waals surface area contributed by atoms with E-state index in [2.05, 4.69) is 29.4 Å². The molecular formula is C17H27ClFN3O. The second-order valence-electron chi connectivity index (χ2n) is 6.27. The second kappa shape index (κ2) is 9.85. The molecule has 130 valence electrons. The van der Waals surface area contributed by atoms with Crippen LogP contribution < -0.4 is 10.6 Å². The number of carbonyl (C=O) groups is 1. The van der Waals surface area contributed by atoms with Gasteiger partial charge in [-0.05, 0) is 70.0 Å². The second-order valence-corrected chi connectivity index (χ2v) is 6.27. The minimum Gasteiger partial charge on any atom is -0.325 e. The summed E-state index contributed by atoms with van der Waals surface area (Å²) in [4.78, 5) is 14.4. The molecule has 1 aliphatic heterocycles. The van der Waals surface area contributed by atoms with Crippen molar-refractivity contribution in [3.63, 3.8) is 0 Å². The van der Waals surface area contributed by atoms with E-state index in [1.54, 1.807) is 12.1 Å². The average Bonchev–Trinajstić information content (AvgIpc) is 2.50. The van der Waals surface area contributed by atoms with Gasteiger partial charge in [-0.3, -0.25) is 9.69 Å². The van der Waals surface area contributed by atoms with Crippen molar-refractivity contribution < 1.29 is 9.18 Å². The number of carbonyl (C=O) groups excluding carboxylic acids is 1. The number of nitrogens with zero attached hydrogens (tertiary/aromatic N) is 1. The van der Waals surface area contributed by atoms with Crippen LogP contribution in [-0.2, 0) is 4.79 Å². The molecule has 0 atom stereocenters. The number of benzene rings is 1. The van der Waals surface area contributed by atoms with Crippen LogP contribution in [0.5, 0.6) is 0 Å². The van der Waals surface area contributed by atoms with E-state index in [0.717, 1.165) is 19.6 Å². The maximum absolute atomic E-state index is 12.9. The molecule has 1 aromatic carbocycles. The Morgan fingerprint density at radius 3 is 2.48 bits per heavy atom. The van der Waals surface area contributed by atoms with Crippen molar-refractivity contribution in [1.82, 2.24) is 10.2 Å². The van der Waals surface area contributed by atoms with Crippen LogP contribution in [0.2, 0.25) is 0 Å². The van der Waals surface area contributed by atoms with E-state index < -0.39 is 0 Å². The molecule has 1 amide bonds. The molecule has 0 spiro atoms. The fourth-order valence-electron chi connectivity index (χ4n) is 2.77. The molecule has 0 saturated carbocycles. The zero-order valence-corrected chi connectivity index (χ0v) is 14.7. The molecule has 1 saturated heterocycles. The van der Waals surface area contributed by atoms with E-state index in [-0.39, 0.29) is 24.1 Å². The van der Waals surface area contributed by atoms with Crippen LogP contribution in [0.25, 0.3) is 0 Å². The minimum atomic E-state index is -0.298. The molecule has 0 unspecified atom stereocenters. The summed E-state index contributed by atoms with van der Waals surface area (Å²) in [6.07, 6.45) is 2.34. The summed E-state index contributed by atoms with van der Waals surface area (Å²) in [6, 6.07) is 6.20. The number of nitrogens with one attached hydrogen (secondary N) is 2. The van der Waals surface area contributed by atoms with Gasteiger partial charge in [0.05, 0.1) is 6.54 Å². The van der Waals surface area contributed by atoms with Gasteiger partial charge in [0.15, 0.2) is 0 Å². The molecule has 0 bridgehead atoms. The van der Waals surface area contributed by atoms with Crippen LogP contribution in [0.3, 0.4) is 0 Å². The lowest BCUT2D eigenvalue weighted by Gasteiger charge is -2.32. The minimum absolute atomic E-state index is 0. The Balaban J connectivity index is 0.00000264. The third kappa shape index (κ3) is 6.85. The molecule has 0 aromatic heterocycles. The standard InChI is InChI=1S/C17H26FN3O.ClH/c1-13(2)21(11-14-7-9-19-10-8-14)12-17(22)20-16-5-3-15(18)4-6-16;/h3-6,13-14,19H,7-12H2,1-2H3,(H,20,22);1H. The molecule has 2 N–H and O–H groups in total. The van der Waals surface area contributed by atoms with E-state index in [1.165, 1.54) is 25.0 Å². The van der Waals surface area contributed by atoms with Gasteiger partial charge in [0.1, 0.15) is 5.82 Å². The Hall–Kier alpha value is -1.17. The van der Waals surface area contributed by atoms with Crippen molar-refractivity contribution >= 4 is 24.0 Å². The molecular weight excluding hydrogens is 317 g/mol. The monoisotopic (exact) mass is 343 g/mol. The van der Waals surface area contributed by atoms with Crippen molar-refractivity contribution in [2.75, 3.05) is 31.5 Å². The van der Waals surface area contributed by atoms with Crippen molar-refractivity contribution in [3.8, 4) is 0 Å². The molecule has 1 aliphatic rings. The van der Waals surface area contributed by atoms with Crippen LogP contribution >= 0.6 is 12.4 Å². The van der Waals surface area contributed by atoms with Crippen molar-refractivity contribution in [1.29, 1.82) is 0 Å². The van der Waals surface area contributed by atoms with Gasteiger partial charge >= 0.3 is 0 Å². The summed E-state index contributed by atoms with van der Waals surface area (Å²) in [7, 11) is 0. The molecule has 6 heteroatoms. The van der Waals surface area contributed by atoms with Crippen molar-refractivity contribution in [3.05, 3.63) is 30.1 Å². The highest BCUT2D eigenvalue weighted by molar-refractivity contribution is 5.92. The topological polar surface area (TPSA) is 44.4 Å². The summed E-state index contributed by atoms with van der Waals surface area (Å²) < 4.78 is 12.9. The first kappa shape index (κ1) is 19.9. The SMILES string of the molecule is CC(C)N(CC(=O)Nc1ccc(F)cc1)CC1CCNCC1.Cl. The molecule has 4 nitrogen and oxygen atoms in total. The number of amides is 1. The fraction of sp³-hybridized carbons (Fsp3) is 0.588. The highest BCUT2D eigenvalue weighted by Crippen LogP contribution is 2.15. The van der Waals surface area contributed by atoms with Crippen LogP contribution in [0.15, 0.2) is 24.3 Å². The van der Waals surface area contributed by atoms with E-state index in [1.807, 2.05) is 0 Å². The molecule has 23 heavy (non-hydrogen) atoms. The van der Waals surface area contributed by atoms with Gasteiger partial charge in [0, 0.05) is 18.3 Å². The van der Waals surface area contributed by atoms with E-state index >= 15 is 0 Å². The first-order valence-corrected chi connectivity index (χ1v) is 8.05. The molecule has 1 fully saturated rings. The summed E-state index contributed by atoms with van der Waals surface area (Å²) >= 11 is 0. The van der Waals surface area contributed by atoms with Crippen LogP contribution in [0, 0.1) is 11.7 Å². The van der Waals surface area contributed by atoms with Crippen molar-refractivity contribution in [2.24, 2.45) is 5.92 Å². The summed E-state index contributed by atoms with van der Waals surface area (Å²) in [5.41, 5.74) is 0.636. The molecule has 0 aliphatic carbocycles. The lowest BCUT2D eigenvalue weighted by molar-refractivity contribution is -0.117. The average molecular weight is 344 g/mol. The third-order valence-corrected chi connectivity index (χ3v) is 4.16. The van der Waals surface area contributed by atoms with Crippen molar-refractivity contribution in [2.45, 2.75) is 32.7 Å². The van der Waals surface area contributed by atoms with Gasteiger partial charge in [0.25, 0.3) is 0 Å². The number of rotatable bonds is 6. The van der Waals surface area contributed by atoms with Gasteiger partial charge < -0.3 is 10.6 Å². The van der Waals surface area contributed by atoms with E-state index in [0.29, 0.717) is 24.2 Å². The first-order valence-electron chi connectivity index (χ1n) is 8.05. The molecule has 2 rings (SSSR count). The number of hydrogen-bond donors (Lipinski definition) is 2. The third-order valence-electron chi connectivity index (χ3n) is 4.16. The maximum Gasteiger partial charge on any atom is 0.238 e. The summed E-state index contributed by atoms with van der Waals surface area (Å²) in [5.74, 6) is 0.309. The van der Waals surface area contributed by atoms with E-state index in [9.17, 15) is 9.18 Å². The lowest BCUT2D eigenvalue weighted by atomic mass is 9.97. The number of halogens is 2. The predicted octanol–water partition coefficient (Wildman–Crippen LogP) is 2.90. The highest BCUT2D eigenvalue weighted by atomic mass is 35.5. The zero-order valence-electron chi connectivity index (χ0n) is 13.8. The Kier molecular flexibility index (Phi) is 8.52. The van der Waals surface area contributed by atoms with Gasteiger partial charge in [0.2, 0.25) is 5.91 Å². The Labute approximate surface area is 144 Å². The first-order chi connectivity index (χ1) is 10.5. The molecule has 1 heterocycles. The maximum atomic E-state index is 12.9. The Bertz CT molecular complexity index is 475. The quantitative estimate of drug-likeness (QED) is 0.834. The Morgan fingerprint density at radius 1 is 1.30 bits per heavy atom. The normalized spacial score (nSPS) is 15.5. The van der Waals surface area contributed by atoms with Crippen LogP contribution in [0.4, 0.5) is 10.1 Å². The summed E-state index contributed by atoms with van der Waals surface area (Å²) in [5, 5.41) is 6.20. The molecule has 0 radical (unpaired) electrons. The van der Waals surface area contributed by atoms with Gasteiger partial charge in [-0.2, -0.15) is 0 Å². The zero-order chi connectivity index (χ0) is 15.9. The highest BCUT2D eigenvalue weighted by Gasteiger charge is 2.20. The largest absolute Gasteiger partial charge is 0.325 e. The summed E-state index contributed by atoms with van der Waals surface area (Å²) in [6.45, 7) is 7.70. The van der Waals surface area contributed by atoms with E-state index in [4.69, 9.17) is 0 Å². The lowest BCUT2D eigenvalue weighted by Crippen LogP contribution is -2.43. The van der Waals surface area contributed by atoms with Gasteiger partial charge in [-0.25, -0.2) is 4.39 Å². The van der Waals surface area contributed by atoms with Gasteiger partial charge in [-0.1, -0.05) is 0 Å². The number of anilines is 1. The van der Waals surface area contributed by atoms with Gasteiger partial charge in [-0.15, -0.1) is 12.4 Å².